The highest BCUT2D eigenvalue weighted by atomic mass is 16.5. The summed E-state index contributed by atoms with van der Waals surface area (Å²) in [5.41, 5.74) is 1.92. The molecular formula is C23H29N5O4. The number of anilines is 2. The second kappa shape index (κ2) is 10.3. The SMILES string of the molecule is COc1ccc(/C=C/C(=O)N2CCN(c3cnnc(N4CCOCC4)c3)CC2)cc1OC. The largest absolute Gasteiger partial charge is 0.493 e. The number of rotatable bonds is 6. The van der Waals surface area contributed by atoms with Crippen LogP contribution < -0.4 is 19.3 Å². The minimum Gasteiger partial charge on any atom is -0.493 e. The van der Waals surface area contributed by atoms with Gasteiger partial charge in [-0.05, 0) is 23.8 Å². The van der Waals surface area contributed by atoms with Gasteiger partial charge in [-0.1, -0.05) is 6.07 Å². The van der Waals surface area contributed by atoms with Gasteiger partial charge in [-0.15, -0.1) is 5.10 Å². The highest BCUT2D eigenvalue weighted by molar-refractivity contribution is 5.92. The Labute approximate surface area is 188 Å². The van der Waals surface area contributed by atoms with Gasteiger partial charge in [0.05, 0.1) is 39.3 Å². The summed E-state index contributed by atoms with van der Waals surface area (Å²) in [5, 5.41) is 8.47. The maximum absolute atomic E-state index is 12.7. The van der Waals surface area contributed by atoms with E-state index in [2.05, 4.69) is 26.1 Å². The third-order valence-electron chi connectivity index (χ3n) is 5.74. The quantitative estimate of drug-likeness (QED) is 0.629. The van der Waals surface area contributed by atoms with Gasteiger partial charge in [0.2, 0.25) is 5.91 Å². The summed E-state index contributed by atoms with van der Waals surface area (Å²) in [4.78, 5) is 19.0. The van der Waals surface area contributed by atoms with Gasteiger partial charge < -0.3 is 28.9 Å². The third kappa shape index (κ3) is 5.11. The van der Waals surface area contributed by atoms with Crippen LogP contribution in [0.1, 0.15) is 5.56 Å². The smallest absolute Gasteiger partial charge is 0.246 e. The molecule has 2 aromatic rings. The van der Waals surface area contributed by atoms with E-state index in [1.807, 2.05) is 23.1 Å². The fourth-order valence-electron chi connectivity index (χ4n) is 3.88. The first-order valence-corrected chi connectivity index (χ1v) is 10.8. The van der Waals surface area contributed by atoms with Crippen LogP contribution in [0.15, 0.2) is 36.5 Å². The highest BCUT2D eigenvalue weighted by Crippen LogP contribution is 2.28. The number of morpholine rings is 1. The van der Waals surface area contributed by atoms with E-state index in [1.165, 1.54) is 0 Å². The summed E-state index contributed by atoms with van der Waals surface area (Å²) in [5.74, 6) is 2.18. The van der Waals surface area contributed by atoms with Crippen molar-refractivity contribution in [2.24, 2.45) is 0 Å². The molecule has 1 amide bonds. The Hall–Kier alpha value is -3.33. The topological polar surface area (TPSA) is 80.3 Å². The number of nitrogens with zero attached hydrogens (tertiary/aromatic N) is 5. The predicted molar refractivity (Wildman–Crippen MR) is 122 cm³/mol. The van der Waals surface area contributed by atoms with Gasteiger partial charge in [0.25, 0.3) is 0 Å². The van der Waals surface area contributed by atoms with Crippen molar-refractivity contribution in [3.8, 4) is 11.5 Å². The average Bonchev–Trinajstić information content (AvgIpc) is 2.87. The molecule has 2 fully saturated rings. The molecule has 9 heteroatoms. The summed E-state index contributed by atoms with van der Waals surface area (Å²) < 4.78 is 16.0. The Morgan fingerprint density at radius 2 is 1.72 bits per heavy atom. The minimum absolute atomic E-state index is 0.00120. The van der Waals surface area contributed by atoms with E-state index in [1.54, 1.807) is 32.6 Å². The fourth-order valence-corrected chi connectivity index (χ4v) is 3.88. The summed E-state index contributed by atoms with van der Waals surface area (Å²) in [7, 11) is 3.19. The van der Waals surface area contributed by atoms with Crippen LogP contribution in [-0.4, -0.2) is 87.7 Å². The average molecular weight is 440 g/mol. The van der Waals surface area contributed by atoms with Crippen molar-refractivity contribution in [3.05, 3.63) is 42.1 Å². The maximum Gasteiger partial charge on any atom is 0.246 e. The van der Waals surface area contributed by atoms with Crippen molar-refractivity contribution in [2.75, 3.05) is 76.5 Å². The van der Waals surface area contributed by atoms with E-state index >= 15 is 0 Å². The van der Waals surface area contributed by atoms with Crippen LogP contribution in [0.3, 0.4) is 0 Å². The molecule has 2 aliphatic heterocycles. The predicted octanol–water partition coefficient (Wildman–Crippen LogP) is 1.69. The zero-order valence-electron chi connectivity index (χ0n) is 18.6. The molecular weight excluding hydrogens is 410 g/mol. The van der Waals surface area contributed by atoms with Gasteiger partial charge in [0, 0.05) is 51.4 Å². The molecule has 1 aromatic carbocycles. The number of amides is 1. The molecule has 32 heavy (non-hydrogen) atoms. The second-order valence-corrected chi connectivity index (χ2v) is 7.63. The summed E-state index contributed by atoms with van der Waals surface area (Å²) in [6.07, 6.45) is 5.21. The van der Waals surface area contributed by atoms with Gasteiger partial charge in [0.1, 0.15) is 0 Å². The normalized spacial score (nSPS) is 17.0. The Kier molecular flexibility index (Phi) is 7.06. The Bertz CT molecular complexity index is 953. The molecule has 9 nitrogen and oxygen atoms in total. The molecule has 0 aliphatic carbocycles. The summed E-state index contributed by atoms with van der Waals surface area (Å²) >= 11 is 0. The van der Waals surface area contributed by atoms with Crippen LogP contribution >= 0.6 is 0 Å². The molecule has 2 aliphatic rings. The molecule has 1 aromatic heterocycles. The number of methoxy groups -OCH3 is 2. The Morgan fingerprint density at radius 1 is 0.969 bits per heavy atom. The van der Waals surface area contributed by atoms with Crippen LogP contribution in [0, 0.1) is 0 Å². The number of benzene rings is 1. The van der Waals surface area contributed by atoms with E-state index in [-0.39, 0.29) is 5.91 Å². The summed E-state index contributed by atoms with van der Waals surface area (Å²) in [6.45, 7) is 5.90. The van der Waals surface area contributed by atoms with Crippen LogP contribution in [-0.2, 0) is 9.53 Å². The lowest BCUT2D eigenvalue weighted by atomic mass is 10.2. The van der Waals surface area contributed by atoms with Crippen molar-refractivity contribution >= 4 is 23.5 Å². The first-order valence-electron chi connectivity index (χ1n) is 10.8. The third-order valence-corrected chi connectivity index (χ3v) is 5.74. The lowest BCUT2D eigenvalue weighted by Crippen LogP contribution is -2.48. The van der Waals surface area contributed by atoms with E-state index in [9.17, 15) is 4.79 Å². The molecule has 0 atom stereocenters. The van der Waals surface area contributed by atoms with Gasteiger partial charge in [-0.2, -0.15) is 5.10 Å². The summed E-state index contributed by atoms with van der Waals surface area (Å²) in [6, 6.07) is 7.65. The number of carbonyl (C=O) groups is 1. The zero-order chi connectivity index (χ0) is 22.3. The molecule has 0 bridgehead atoms. The lowest BCUT2D eigenvalue weighted by Gasteiger charge is -2.36. The van der Waals surface area contributed by atoms with Crippen LogP contribution in [0.4, 0.5) is 11.5 Å². The van der Waals surface area contributed by atoms with E-state index in [0.717, 1.165) is 43.2 Å². The maximum atomic E-state index is 12.7. The van der Waals surface area contributed by atoms with Gasteiger partial charge >= 0.3 is 0 Å². The molecule has 3 heterocycles. The lowest BCUT2D eigenvalue weighted by molar-refractivity contribution is -0.126. The van der Waals surface area contributed by atoms with E-state index < -0.39 is 0 Å². The molecule has 0 radical (unpaired) electrons. The number of piperazine rings is 1. The zero-order valence-corrected chi connectivity index (χ0v) is 18.6. The second-order valence-electron chi connectivity index (χ2n) is 7.63. The Morgan fingerprint density at radius 3 is 2.44 bits per heavy atom. The monoisotopic (exact) mass is 439 g/mol. The first kappa shape index (κ1) is 21.9. The number of hydrogen-bond donors (Lipinski definition) is 0. The first-order chi connectivity index (χ1) is 15.7. The number of carbonyl (C=O) groups excluding carboxylic acids is 1. The molecule has 170 valence electrons. The standard InChI is InChI=1S/C23H29N5O4/c1-30-20-5-3-18(15-21(20)31-2)4-6-23(29)28-9-7-26(8-10-28)19-16-22(25-24-17-19)27-11-13-32-14-12-27/h3-6,15-17H,7-14H2,1-2H3/b6-4+. The van der Waals surface area contributed by atoms with Crippen molar-refractivity contribution in [1.82, 2.24) is 15.1 Å². The highest BCUT2D eigenvalue weighted by Gasteiger charge is 2.21. The molecule has 2 saturated heterocycles. The van der Waals surface area contributed by atoms with Crippen LogP contribution in [0.5, 0.6) is 11.5 Å². The number of aromatic nitrogens is 2. The fraction of sp³-hybridized carbons (Fsp3) is 0.435. The van der Waals surface area contributed by atoms with Crippen LogP contribution in [0.25, 0.3) is 6.08 Å². The number of hydrogen-bond acceptors (Lipinski definition) is 8. The van der Waals surface area contributed by atoms with Gasteiger partial charge in [-0.3, -0.25) is 4.79 Å². The molecule has 0 unspecified atom stereocenters. The van der Waals surface area contributed by atoms with Gasteiger partial charge in [0.15, 0.2) is 17.3 Å². The molecule has 0 N–H and O–H groups in total. The van der Waals surface area contributed by atoms with Crippen molar-refractivity contribution in [2.45, 2.75) is 0 Å². The minimum atomic E-state index is 0.00120. The van der Waals surface area contributed by atoms with Crippen LogP contribution in [0.2, 0.25) is 0 Å². The van der Waals surface area contributed by atoms with Crippen molar-refractivity contribution < 1.29 is 19.0 Å². The molecule has 4 rings (SSSR count). The van der Waals surface area contributed by atoms with E-state index in [4.69, 9.17) is 14.2 Å². The van der Waals surface area contributed by atoms with Gasteiger partial charge in [-0.25, -0.2) is 0 Å². The van der Waals surface area contributed by atoms with E-state index in [0.29, 0.717) is 37.8 Å². The van der Waals surface area contributed by atoms with Crippen molar-refractivity contribution in [1.29, 1.82) is 0 Å². The Balaban J connectivity index is 1.33. The number of ether oxygens (including phenoxy) is 3. The van der Waals surface area contributed by atoms with Crippen molar-refractivity contribution in [3.63, 3.8) is 0 Å². The molecule has 0 saturated carbocycles. The molecule has 0 spiro atoms.